The minimum atomic E-state index is -0.607. The molecule has 0 aliphatic heterocycles. The third-order valence-electron chi connectivity index (χ3n) is 4.40. The predicted octanol–water partition coefficient (Wildman–Crippen LogP) is 2.31. The Labute approximate surface area is 151 Å². The molecule has 0 spiro atoms. The number of nitriles is 1. The number of fused-ring (bicyclic) bond motifs is 2. The summed E-state index contributed by atoms with van der Waals surface area (Å²) in [4.78, 5) is 40.3. The van der Waals surface area contributed by atoms with Crippen molar-refractivity contribution in [1.29, 1.82) is 5.26 Å². The largest absolute Gasteiger partial charge is 0.417 e. The summed E-state index contributed by atoms with van der Waals surface area (Å²) in [5, 5.41) is 9.44. The Morgan fingerprint density at radius 3 is 2.85 bits per heavy atom. The number of nitrogens with zero attached hydrogens (tertiary/aromatic N) is 1. The molecule has 2 aromatic heterocycles. The monoisotopic (exact) mass is 363 g/mol. The molecule has 27 heavy (non-hydrogen) atoms. The Hall–Kier alpha value is -3.86. The lowest BCUT2D eigenvalue weighted by Crippen LogP contribution is -2.05. The van der Waals surface area contributed by atoms with Crippen molar-refractivity contribution < 1.29 is 13.6 Å². The van der Waals surface area contributed by atoms with Crippen molar-refractivity contribution in [2.75, 3.05) is 0 Å². The van der Waals surface area contributed by atoms with Crippen LogP contribution in [0.25, 0.3) is 17.2 Å². The number of aromatic amines is 2. The van der Waals surface area contributed by atoms with E-state index in [1.165, 1.54) is 18.2 Å². The molecule has 1 aliphatic rings. The zero-order valence-corrected chi connectivity index (χ0v) is 13.9. The number of aromatic nitrogens is 2. The first-order valence-corrected chi connectivity index (χ1v) is 8.23. The maximum absolute atomic E-state index is 12.7. The fraction of sp³-hybridized carbons (Fsp3) is 0.158. The topological polar surface area (TPSA) is 133 Å². The van der Waals surface area contributed by atoms with Gasteiger partial charge in [-0.15, -0.1) is 0 Å². The first-order chi connectivity index (χ1) is 13.0. The first kappa shape index (κ1) is 16.6. The summed E-state index contributed by atoms with van der Waals surface area (Å²) in [5.41, 5.74) is 1.72. The Morgan fingerprint density at radius 2 is 2.04 bits per heavy atom. The molecule has 0 saturated heterocycles. The molecular weight excluding hydrogens is 350 g/mol. The Bertz CT molecular complexity index is 1260. The van der Waals surface area contributed by atoms with E-state index in [4.69, 9.17) is 8.83 Å². The lowest BCUT2D eigenvalue weighted by molar-refractivity contribution is 0.103. The van der Waals surface area contributed by atoms with Crippen LogP contribution in [0.3, 0.4) is 0 Å². The highest BCUT2D eigenvalue weighted by molar-refractivity contribution is 6.12. The van der Waals surface area contributed by atoms with Crippen molar-refractivity contribution in [1.82, 2.24) is 9.97 Å². The summed E-state index contributed by atoms with van der Waals surface area (Å²) in [6.45, 7) is 0. The number of allylic oxidation sites excluding steroid dienone is 3. The molecule has 8 heteroatoms. The van der Waals surface area contributed by atoms with E-state index in [0.29, 0.717) is 35.4 Å². The van der Waals surface area contributed by atoms with Gasteiger partial charge in [0.05, 0.1) is 16.8 Å². The molecule has 0 fully saturated rings. The number of H-pyrrole nitrogens is 2. The fourth-order valence-electron chi connectivity index (χ4n) is 3.08. The van der Waals surface area contributed by atoms with Gasteiger partial charge in [0.25, 0.3) is 0 Å². The molecule has 0 amide bonds. The fourth-order valence-corrected chi connectivity index (χ4v) is 3.08. The highest BCUT2D eigenvalue weighted by atomic mass is 16.4. The quantitative estimate of drug-likeness (QED) is 0.417. The molecule has 0 saturated carbocycles. The van der Waals surface area contributed by atoms with Crippen LogP contribution in [0.1, 0.15) is 28.2 Å². The van der Waals surface area contributed by atoms with Gasteiger partial charge in [-0.3, -0.25) is 14.8 Å². The molecule has 1 atom stereocenters. The van der Waals surface area contributed by atoms with Gasteiger partial charge in [0.15, 0.2) is 11.3 Å². The van der Waals surface area contributed by atoms with Crippen molar-refractivity contribution in [2.45, 2.75) is 12.8 Å². The van der Waals surface area contributed by atoms with Crippen molar-refractivity contribution in [3.63, 3.8) is 0 Å². The van der Waals surface area contributed by atoms with E-state index in [1.54, 1.807) is 18.2 Å². The number of benzene rings is 1. The van der Waals surface area contributed by atoms with Gasteiger partial charge >= 0.3 is 11.5 Å². The summed E-state index contributed by atoms with van der Waals surface area (Å²) in [6, 6.07) is 6.45. The molecule has 1 aliphatic carbocycles. The second kappa shape index (κ2) is 6.46. The molecule has 8 nitrogen and oxygen atoms in total. The van der Waals surface area contributed by atoms with E-state index in [9.17, 15) is 19.6 Å². The van der Waals surface area contributed by atoms with Gasteiger partial charge in [-0.05, 0) is 43.0 Å². The van der Waals surface area contributed by atoms with Gasteiger partial charge < -0.3 is 8.83 Å². The summed E-state index contributed by atoms with van der Waals surface area (Å²) < 4.78 is 9.95. The van der Waals surface area contributed by atoms with Gasteiger partial charge in [-0.25, -0.2) is 9.59 Å². The zero-order chi connectivity index (χ0) is 19.0. The third kappa shape index (κ3) is 3.18. The lowest BCUT2D eigenvalue weighted by atomic mass is 9.96. The van der Waals surface area contributed by atoms with Gasteiger partial charge in [0.2, 0.25) is 5.78 Å². The second-order valence-electron chi connectivity index (χ2n) is 6.17. The predicted molar refractivity (Wildman–Crippen MR) is 95.0 cm³/mol. The zero-order valence-electron chi connectivity index (χ0n) is 13.9. The van der Waals surface area contributed by atoms with Crippen molar-refractivity contribution in [2.24, 2.45) is 5.92 Å². The molecular formula is C19H13N3O5. The number of aryl methyl sites for hydroxylation is 1. The van der Waals surface area contributed by atoms with E-state index in [-0.39, 0.29) is 17.1 Å². The number of carbonyl (C=O) groups excluding carboxylic acids is 1. The number of hydrogen-bond acceptors (Lipinski definition) is 6. The maximum Gasteiger partial charge on any atom is 0.417 e. The van der Waals surface area contributed by atoms with Crippen LogP contribution in [-0.2, 0) is 6.42 Å². The molecule has 3 aromatic rings. The highest BCUT2D eigenvalue weighted by Gasteiger charge is 2.18. The Balaban J connectivity index is 1.62. The average Bonchev–Trinajstić information content (AvgIpc) is 3.15. The third-order valence-corrected chi connectivity index (χ3v) is 4.40. The smallest absolute Gasteiger partial charge is 0.408 e. The highest BCUT2D eigenvalue weighted by Crippen LogP contribution is 2.23. The van der Waals surface area contributed by atoms with E-state index in [0.717, 1.165) is 0 Å². The molecule has 4 rings (SSSR count). The number of ketones is 1. The average molecular weight is 363 g/mol. The summed E-state index contributed by atoms with van der Waals surface area (Å²) in [5.74, 6) is -1.24. The number of hydrogen-bond donors (Lipinski definition) is 2. The minimum absolute atomic E-state index is 0.00172. The number of carbonyl (C=O) groups is 1. The maximum atomic E-state index is 12.7. The van der Waals surface area contributed by atoms with Crippen molar-refractivity contribution in [3.8, 4) is 6.07 Å². The van der Waals surface area contributed by atoms with E-state index < -0.39 is 17.3 Å². The molecule has 134 valence electrons. The number of nitrogens with one attached hydrogen (secondary N) is 2. The number of rotatable bonds is 3. The molecule has 2 N–H and O–H groups in total. The summed E-state index contributed by atoms with van der Waals surface area (Å²) in [7, 11) is 0. The van der Waals surface area contributed by atoms with Crippen LogP contribution in [0.5, 0.6) is 0 Å². The number of oxazole rings is 2. The second-order valence-corrected chi connectivity index (χ2v) is 6.17. The van der Waals surface area contributed by atoms with Crippen molar-refractivity contribution in [3.05, 3.63) is 74.0 Å². The molecule has 2 heterocycles. The lowest BCUT2D eigenvalue weighted by Gasteiger charge is -2.06. The molecule has 0 bridgehead atoms. The Kier molecular flexibility index (Phi) is 3.97. The molecule has 1 unspecified atom stereocenters. The molecule has 1 aromatic carbocycles. The van der Waals surface area contributed by atoms with Gasteiger partial charge in [0.1, 0.15) is 6.07 Å². The Morgan fingerprint density at radius 1 is 1.22 bits per heavy atom. The molecule has 0 radical (unpaired) electrons. The minimum Gasteiger partial charge on any atom is -0.408 e. The van der Waals surface area contributed by atoms with E-state index >= 15 is 0 Å². The summed E-state index contributed by atoms with van der Waals surface area (Å²) >= 11 is 0. The van der Waals surface area contributed by atoms with E-state index in [1.807, 2.05) is 6.07 Å². The summed E-state index contributed by atoms with van der Waals surface area (Å²) in [6.07, 6.45) is 6.24. The normalized spacial score (nSPS) is 16.7. The van der Waals surface area contributed by atoms with Gasteiger partial charge in [-0.1, -0.05) is 12.2 Å². The van der Waals surface area contributed by atoms with Crippen molar-refractivity contribution >= 4 is 23.0 Å². The standard InChI is InChI=1S/C19H13N3O5/c20-9-12(7-10-1-4-13-15(5-2-10)26-18(24)21-13)17(23)11-3-6-16-14(8-11)22-19(25)27-16/h2-3,5-8,10H,1,4H2,(H,21,24)(H,22,25)/b12-7+. The van der Waals surface area contributed by atoms with Crippen LogP contribution in [0.15, 0.2) is 54.3 Å². The van der Waals surface area contributed by atoms with Gasteiger partial charge in [-0.2, -0.15) is 5.26 Å². The van der Waals surface area contributed by atoms with Crippen LogP contribution in [0.2, 0.25) is 0 Å². The first-order valence-electron chi connectivity index (χ1n) is 8.23. The van der Waals surface area contributed by atoms with Crippen LogP contribution in [-0.4, -0.2) is 15.8 Å². The van der Waals surface area contributed by atoms with Crippen LogP contribution in [0.4, 0.5) is 0 Å². The van der Waals surface area contributed by atoms with E-state index in [2.05, 4.69) is 9.97 Å². The number of Topliss-reactive ketones (excluding diaryl/α,β-unsaturated/α-hetero) is 1. The van der Waals surface area contributed by atoms with Gasteiger partial charge in [0, 0.05) is 5.56 Å². The van der Waals surface area contributed by atoms with Crippen LogP contribution in [0, 0.1) is 17.2 Å². The van der Waals surface area contributed by atoms with Crippen LogP contribution >= 0.6 is 0 Å². The van der Waals surface area contributed by atoms with Crippen LogP contribution < -0.4 is 11.5 Å². The SMILES string of the molecule is N#C/C(=C\C1C=Cc2oc(=O)[nH]c2CC1)C(=O)c1ccc2oc(=O)[nH]c2c1.